The van der Waals surface area contributed by atoms with Gasteiger partial charge in [0.25, 0.3) is 0 Å². The molecule has 1 heterocycles. The van der Waals surface area contributed by atoms with E-state index in [2.05, 4.69) is 0 Å². The van der Waals surface area contributed by atoms with Gasteiger partial charge in [-0.05, 0) is 26.7 Å². The third-order valence-corrected chi connectivity index (χ3v) is 3.05. The molecule has 1 amide bonds. The zero-order valence-corrected chi connectivity index (χ0v) is 10.5. The highest BCUT2D eigenvalue weighted by atomic mass is 16.5. The standard InChI is InChI=1S/C12H19NO4/c1-8(9(2)12(15)16)11(14)13(3)7-10-5-4-6-17-10/h10H,4-7H2,1-3H3,(H,15,16). The van der Waals surface area contributed by atoms with Crippen LogP contribution in [0.1, 0.15) is 26.7 Å². The SMILES string of the molecule is CC(C(=O)O)=C(C)C(=O)N(C)CC1CCCO1. The second kappa shape index (κ2) is 5.82. The van der Waals surface area contributed by atoms with Gasteiger partial charge in [-0.25, -0.2) is 4.79 Å². The molecule has 0 aromatic rings. The molecule has 1 aliphatic heterocycles. The number of carbonyl (C=O) groups is 2. The van der Waals surface area contributed by atoms with Crippen LogP contribution >= 0.6 is 0 Å². The summed E-state index contributed by atoms with van der Waals surface area (Å²) in [6.45, 7) is 4.24. The van der Waals surface area contributed by atoms with Crippen LogP contribution in [0.3, 0.4) is 0 Å². The van der Waals surface area contributed by atoms with E-state index in [4.69, 9.17) is 9.84 Å². The van der Waals surface area contributed by atoms with E-state index < -0.39 is 5.97 Å². The van der Waals surface area contributed by atoms with Crippen molar-refractivity contribution >= 4 is 11.9 Å². The van der Waals surface area contributed by atoms with E-state index >= 15 is 0 Å². The summed E-state index contributed by atoms with van der Waals surface area (Å²) in [5.74, 6) is -1.30. The molecule has 5 nitrogen and oxygen atoms in total. The summed E-state index contributed by atoms with van der Waals surface area (Å²) in [6.07, 6.45) is 2.07. The Balaban J connectivity index is 2.62. The van der Waals surface area contributed by atoms with Gasteiger partial charge in [0.15, 0.2) is 0 Å². The molecule has 0 spiro atoms. The summed E-state index contributed by atoms with van der Waals surface area (Å²) in [6, 6.07) is 0. The molecule has 1 rings (SSSR count). The van der Waals surface area contributed by atoms with Gasteiger partial charge < -0.3 is 14.7 Å². The Labute approximate surface area is 101 Å². The maximum atomic E-state index is 11.9. The Morgan fingerprint density at radius 1 is 1.35 bits per heavy atom. The first kappa shape index (κ1) is 13.7. The van der Waals surface area contributed by atoms with Crippen LogP contribution in [0.15, 0.2) is 11.1 Å². The van der Waals surface area contributed by atoms with Crippen molar-refractivity contribution in [2.75, 3.05) is 20.2 Å². The molecule has 1 atom stereocenters. The lowest BCUT2D eigenvalue weighted by atomic mass is 10.1. The van der Waals surface area contributed by atoms with E-state index in [9.17, 15) is 9.59 Å². The van der Waals surface area contributed by atoms with E-state index in [0.29, 0.717) is 6.54 Å². The van der Waals surface area contributed by atoms with Gasteiger partial charge in [0.05, 0.1) is 6.10 Å². The second-order valence-corrected chi connectivity index (χ2v) is 4.38. The molecule has 1 aliphatic rings. The van der Waals surface area contributed by atoms with Crippen LogP contribution in [0.5, 0.6) is 0 Å². The molecule has 0 aromatic heterocycles. The molecule has 0 saturated carbocycles. The largest absolute Gasteiger partial charge is 0.478 e. The summed E-state index contributed by atoms with van der Waals surface area (Å²) >= 11 is 0. The van der Waals surface area contributed by atoms with Crippen LogP contribution in [0.4, 0.5) is 0 Å². The second-order valence-electron chi connectivity index (χ2n) is 4.38. The molecule has 0 radical (unpaired) electrons. The van der Waals surface area contributed by atoms with Crippen LogP contribution in [0.2, 0.25) is 0 Å². The first-order valence-corrected chi connectivity index (χ1v) is 5.71. The minimum atomic E-state index is -1.05. The average molecular weight is 241 g/mol. The lowest BCUT2D eigenvalue weighted by Gasteiger charge is -2.21. The number of hydrogen-bond donors (Lipinski definition) is 1. The number of aliphatic carboxylic acids is 1. The molecule has 17 heavy (non-hydrogen) atoms. The molecule has 96 valence electrons. The van der Waals surface area contributed by atoms with Crippen molar-refractivity contribution in [3.8, 4) is 0 Å². The van der Waals surface area contributed by atoms with E-state index in [1.165, 1.54) is 18.7 Å². The highest BCUT2D eigenvalue weighted by Crippen LogP contribution is 2.14. The lowest BCUT2D eigenvalue weighted by Crippen LogP contribution is -2.35. The molecule has 1 unspecified atom stereocenters. The average Bonchev–Trinajstić information content (AvgIpc) is 2.78. The summed E-state index contributed by atoms with van der Waals surface area (Å²) in [5.41, 5.74) is 0.368. The highest BCUT2D eigenvalue weighted by molar-refractivity contribution is 6.01. The topological polar surface area (TPSA) is 66.8 Å². The van der Waals surface area contributed by atoms with Crippen molar-refractivity contribution in [1.82, 2.24) is 4.90 Å². The van der Waals surface area contributed by atoms with E-state index in [0.717, 1.165) is 19.4 Å². The highest BCUT2D eigenvalue weighted by Gasteiger charge is 2.22. The van der Waals surface area contributed by atoms with Gasteiger partial charge in [-0.3, -0.25) is 4.79 Å². The molecule has 0 aromatic carbocycles. The molecular weight excluding hydrogens is 222 g/mol. The van der Waals surface area contributed by atoms with Gasteiger partial charge in [-0.2, -0.15) is 0 Å². The zero-order valence-electron chi connectivity index (χ0n) is 10.5. The predicted octanol–water partition coefficient (Wildman–Crippen LogP) is 1.04. The number of rotatable bonds is 4. The first-order chi connectivity index (χ1) is 7.93. The zero-order chi connectivity index (χ0) is 13.0. The monoisotopic (exact) mass is 241 g/mol. The Morgan fingerprint density at radius 2 is 2.00 bits per heavy atom. The lowest BCUT2D eigenvalue weighted by molar-refractivity contribution is -0.133. The van der Waals surface area contributed by atoms with E-state index in [-0.39, 0.29) is 23.2 Å². The maximum absolute atomic E-state index is 11.9. The number of ether oxygens (including phenoxy) is 1. The molecule has 1 fully saturated rings. The van der Waals surface area contributed by atoms with Gasteiger partial charge in [-0.1, -0.05) is 0 Å². The molecule has 0 aliphatic carbocycles. The smallest absolute Gasteiger partial charge is 0.331 e. The maximum Gasteiger partial charge on any atom is 0.331 e. The fraction of sp³-hybridized carbons (Fsp3) is 0.667. The van der Waals surface area contributed by atoms with Crippen molar-refractivity contribution < 1.29 is 19.4 Å². The normalized spacial score (nSPS) is 21.0. The number of carbonyl (C=O) groups excluding carboxylic acids is 1. The number of carboxylic acid groups (broad SMARTS) is 1. The Kier molecular flexibility index (Phi) is 4.69. The first-order valence-electron chi connectivity index (χ1n) is 5.71. The minimum absolute atomic E-state index is 0.0851. The van der Waals surface area contributed by atoms with Crippen LogP contribution < -0.4 is 0 Å². The van der Waals surface area contributed by atoms with Gasteiger partial charge >= 0.3 is 5.97 Å². The molecule has 0 bridgehead atoms. The number of hydrogen-bond acceptors (Lipinski definition) is 3. The van der Waals surface area contributed by atoms with Crippen LogP contribution in [-0.2, 0) is 14.3 Å². The molecular formula is C12H19NO4. The molecule has 5 heteroatoms. The predicted molar refractivity (Wildman–Crippen MR) is 62.6 cm³/mol. The van der Waals surface area contributed by atoms with Gasteiger partial charge in [0, 0.05) is 31.3 Å². The van der Waals surface area contributed by atoms with Gasteiger partial charge in [-0.15, -0.1) is 0 Å². The Morgan fingerprint density at radius 3 is 2.47 bits per heavy atom. The van der Waals surface area contributed by atoms with Crippen molar-refractivity contribution in [2.24, 2.45) is 0 Å². The van der Waals surface area contributed by atoms with Crippen molar-refractivity contribution in [1.29, 1.82) is 0 Å². The Hall–Kier alpha value is -1.36. The fourth-order valence-electron chi connectivity index (χ4n) is 1.78. The molecule has 1 saturated heterocycles. The number of nitrogens with zero attached hydrogens (tertiary/aromatic N) is 1. The van der Waals surface area contributed by atoms with Crippen LogP contribution in [-0.4, -0.2) is 48.2 Å². The van der Waals surface area contributed by atoms with E-state index in [1.54, 1.807) is 7.05 Å². The summed E-state index contributed by atoms with van der Waals surface area (Å²) < 4.78 is 5.44. The van der Waals surface area contributed by atoms with E-state index in [1.807, 2.05) is 0 Å². The summed E-state index contributed by atoms with van der Waals surface area (Å²) in [5, 5.41) is 8.81. The van der Waals surface area contributed by atoms with Gasteiger partial charge in [0.1, 0.15) is 0 Å². The third kappa shape index (κ3) is 3.56. The summed E-state index contributed by atoms with van der Waals surface area (Å²) in [4.78, 5) is 24.2. The number of amides is 1. The quantitative estimate of drug-likeness (QED) is 0.747. The summed E-state index contributed by atoms with van der Waals surface area (Å²) in [7, 11) is 1.67. The van der Waals surface area contributed by atoms with Crippen molar-refractivity contribution in [3.05, 3.63) is 11.1 Å². The van der Waals surface area contributed by atoms with Crippen molar-refractivity contribution in [2.45, 2.75) is 32.8 Å². The minimum Gasteiger partial charge on any atom is -0.478 e. The molecule has 1 N–H and O–H groups in total. The number of carboxylic acids is 1. The van der Waals surface area contributed by atoms with Crippen LogP contribution in [0.25, 0.3) is 0 Å². The van der Waals surface area contributed by atoms with Crippen molar-refractivity contribution in [3.63, 3.8) is 0 Å². The fourth-order valence-corrected chi connectivity index (χ4v) is 1.78. The van der Waals surface area contributed by atoms with Gasteiger partial charge in [0.2, 0.25) is 5.91 Å². The van der Waals surface area contributed by atoms with Crippen LogP contribution in [0, 0.1) is 0 Å². The number of likely N-dealkylation sites (N-methyl/N-ethyl adjacent to an activating group) is 1. The third-order valence-electron chi connectivity index (χ3n) is 3.05. The Bertz CT molecular complexity index is 342.